The lowest BCUT2D eigenvalue weighted by Crippen LogP contribution is -2.19. The number of ether oxygens (including phenoxy) is 1. The topological polar surface area (TPSA) is 46.5 Å². The number of carbonyl (C=O) groups is 1. The van der Waals surface area contributed by atoms with Crippen LogP contribution in [0.2, 0.25) is 0 Å². The van der Waals surface area contributed by atoms with Gasteiger partial charge >= 0.3 is 5.97 Å². The molecule has 0 aromatic carbocycles. The first kappa shape index (κ1) is 13.6. The fraction of sp³-hybridized carbons (Fsp3) is 0.800. The van der Waals surface area contributed by atoms with Gasteiger partial charge in [-0.3, -0.25) is 4.79 Å². The highest BCUT2D eigenvalue weighted by atomic mass is 16.6. The lowest BCUT2D eigenvalue weighted by molar-refractivity contribution is -0.144. The van der Waals surface area contributed by atoms with E-state index in [9.17, 15) is 9.90 Å². The summed E-state index contributed by atoms with van der Waals surface area (Å²) < 4.78 is 5.48. The summed E-state index contributed by atoms with van der Waals surface area (Å²) in [5.74, 6) is 0.813. The molecule has 0 aromatic rings. The molecule has 18 heavy (non-hydrogen) atoms. The second-order valence-electron chi connectivity index (χ2n) is 5.97. The van der Waals surface area contributed by atoms with Crippen molar-refractivity contribution in [1.82, 2.24) is 0 Å². The van der Waals surface area contributed by atoms with E-state index >= 15 is 0 Å². The van der Waals surface area contributed by atoms with Crippen molar-refractivity contribution in [3.63, 3.8) is 0 Å². The van der Waals surface area contributed by atoms with Crippen molar-refractivity contribution in [3.05, 3.63) is 11.6 Å². The second-order valence-corrected chi connectivity index (χ2v) is 5.97. The molecule has 0 radical (unpaired) electrons. The molecule has 2 rings (SSSR count). The highest BCUT2D eigenvalue weighted by molar-refractivity contribution is 5.74. The minimum absolute atomic E-state index is 0.0296. The number of fused-ring (bicyclic) bond motifs is 1. The Bertz CT molecular complexity index is 346. The lowest BCUT2D eigenvalue weighted by Gasteiger charge is -2.19. The SMILES string of the molecule is CC(O)CCC1=CC[C@@H]2[C@H](C)C(=O)O[C@@H]2C[C@@H]1C. The maximum atomic E-state index is 11.6. The summed E-state index contributed by atoms with van der Waals surface area (Å²) in [5, 5.41) is 9.38. The third-order valence-corrected chi connectivity index (χ3v) is 4.48. The van der Waals surface area contributed by atoms with E-state index in [1.807, 2.05) is 13.8 Å². The van der Waals surface area contributed by atoms with Gasteiger partial charge in [-0.05, 0) is 38.5 Å². The average Bonchev–Trinajstić information content (AvgIpc) is 2.46. The summed E-state index contributed by atoms with van der Waals surface area (Å²) in [6, 6.07) is 0. The quantitative estimate of drug-likeness (QED) is 0.620. The van der Waals surface area contributed by atoms with Crippen LogP contribution in [0.1, 0.15) is 46.5 Å². The van der Waals surface area contributed by atoms with E-state index in [2.05, 4.69) is 13.0 Å². The zero-order valence-electron chi connectivity index (χ0n) is 11.6. The van der Waals surface area contributed by atoms with Crippen molar-refractivity contribution in [3.8, 4) is 0 Å². The number of hydrogen-bond acceptors (Lipinski definition) is 3. The molecule has 1 saturated heterocycles. The molecule has 0 aromatic heterocycles. The van der Waals surface area contributed by atoms with E-state index in [-0.39, 0.29) is 24.1 Å². The molecule has 3 heteroatoms. The number of carbonyl (C=O) groups excluding carboxylic acids is 1. The van der Waals surface area contributed by atoms with Crippen molar-refractivity contribution in [2.75, 3.05) is 0 Å². The Balaban J connectivity index is 2.03. The number of allylic oxidation sites excluding steroid dienone is 2. The zero-order valence-corrected chi connectivity index (χ0v) is 11.6. The molecule has 5 atom stereocenters. The maximum absolute atomic E-state index is 11.6. The van der Waals surface area contributed by atoms with E-state index in [1.165, 1.54) is 5.57 Å². The van der Waals surface area contributed by atoms with Crippen LogP contribution in [0.15, 0.2) is 11.6 Å². The van der Waals surface area contributed by atoms with Crippen LogP contribution in [0.3, 0.4) is 0 Å². The summed E-state index contributed by atoms with van der Waals surface area (Å²) >= 11 is 0. The predicted octanol–water partition coefficient (Wildman–Crippen LogP) is 2.68. The summed E-state index contributed by atoms with van der Waals surface area (Å²) in [4.78, 5) is 11.6. The van der Waals surface area contributed by atoms with Gasteiger partial charge in [0.25, 0.3) is 0 Å². The van der Waals surface area contributed by atoms with Crippen molar-refractivity contribution < 1.29 is 14.6 Å². The molecule has 0 saturated carbocycles. The van der Waals surface area contributed by atoms with Crippen LogP contribution in [0.25, 0.3) is 0 Å². The van der Waals surface area contributed by atoms with Crippen molar-refractivity contribution in [2.24, 2.45) is 17.8 Å². The molecule has 2 aliphatic rings. The fourth-order valence-corrected chi connectivity index (χ4v) is 3.13. The third kappa shape index (κ3) is 2.77. The molecular weight excluding hydrogens is 228 g/mol. The monoisotopic (exact) mass is 252 g/mol. The van der Waals surface area contributed by atoms with Crippen LogP contribution in [-0.2, 0) is 9.53 Å². The van der Waals surface area contributed by atoms with E-state index < -0.39 is 0 Å². The Morgan fingerprint density at radius 3 is 2.89 bits per heavy atom. The summed E-state index contributed by atoms with van der Waals surface area (Å²) in [5.41, 5.74) is 1.42. The highest BCUT2D eigenvalue weighted by Crippen LogP contribution is 2.39. The molecular formula is C15H24O3. The minimum atomic E-state index is -0.238. The lowest BCUT2D eigenvalue weighted by atomic mass is 9.87. The standard InChI is InChI=1S/C15H24O3/c1-9-8-14-13(11(3)15(17)18-14)7-6-12(9)5-4-10(2)16/h6,9-11,13-14,16H,4-5,7-8H2,1-3H3/t9-,10?,11-,13+,14+/m0/s1. The van der Waals surface area contributed by atoms with Crippen LogP contribution in [-0.4, -0.2) is 23.3 Å². The molecule has 102 valence electrons. The van der Waals surface area contributed by atoms with E-state index in [0.29, 0.717) is 11.8 Å². The van der Waals surface area contributed by atoms with Gasteiger partial charge in [0, 0.05) is 5.92 Å². The van der Waals surface area contributed by atoms with Gasteiger partial charge in [0.15, 0.2) is 0 Å². The first-order valence-corrected chi connectivity index (χ1v) is 7.06. The van der Waals surface area contributed by atoms with E-state index in [4.69, 9.17) is 4.74 Å². The summed E-state index contributed by atoms with van der Waals surface area (Å²) in [6.45, 7) is 6.01. The van der Waals surface area contributed by atoms with Gasteiger partial charge in [0.1, 0.15) is 6.10 Å². The Kier molecular flexibility index (Phi) is 4.10. The molecule has 3 nitrogen and oxygen atoms in total. The molecule has 1 aliphatic heterocycles. The van der Waals surface area contributed by atoms with Crippen LogP contribution >= 0.6 is 0 Å². The molecule has 0 amide bonds. The smallest absolute Gasteiger partial charge is 0.309 e. The van der Waals surface area contributed by atoms with Crippen molar-refractivity contribution in [1.29, 1.82) is 0 Å². The van der Waals surface area contributed by atoms with Gasteiger partial charge in [0.2, 0.25) is 0 Å². The Hall–Kier alpha value is -0.830. The minimum Gasteiger partial charge on any atom is -0.462 e. The van der Waals surface area contributed by atoms with Crippen LogP contribution < -0.4 is 0 Å². The Morgan fingerprint density at radius 2 is 2.22 bits per heavy atom. The number of aliphatic hydroxyl groups excluding tert-OH is 1. The Labute approximate surface area is 109 Å². The normalized spacial score (nSPS) is 37.6. The second kappa shape index (κ2) is 5.43. The number of rotatable bonds is 3. The van der Waals surface area contributed by atoms with E-state index in [1.54, 1.807) is 0 Å². The van der Waals surface area contributed by atoms with Gasteiger partial charge in [-0.15, -0.1) is 0 Å². The highest BCUT2D eigenvalue weighted by Gasteiger charge is 2.42. The van der Waals surface area contributed by atoms with Crippen molar-refractivity contribution in [2.45, 2.75) is 58.7 Å². The van der Waals surface area contributed by atoms with E-state index in [0.717, 1.165) is 25.7 Å². The predicted molar refractivity (Wildman–Crippen MR) is 69.9 cm³/mol. The van der Waals surface area contributed by atoms with Crippen molar-refractivity contribution >= 4 is 5.97 Å². The van der Waals surface area contributed by atoms with Gasteiger partial charge in [-0.1, -0.05) is 25.5 Å². The molecule has 0 bridgehead atoms. The first-order valence-electron chi connectivity index (χ1n) is 7.06. The summed E-state index contributed by atoms with van der Waals surface area (Å²) in [6.07, 6.45) is 5.81. The molecule has 1 heterocycles. The van der Waals surface area contributed by atoms with Gasteiger partial charge in [0.05, 0.1) is 12.0 Å². The molecule has 1 aliphatic carbocycles. The molecule has 1 fully saturated rings. The van der Waals surface area contributed by atoms with Crippen LogP contribution in [0.4, 0.5) is 0 Å². The summed E-state index contributed by atoms with van der Waals surface area (Å²) in [7, 11) is 0. The van der Waals surface area contributed by atoms with Gasteiger partial charge < -0.3 is 9.84 Å². The molecule has 0 spiro atoms. The van der Waals surface area contributed by atoms with Crippen LogP contribution in [0, 0.1) is 17.8 Å². The van der Waals surface area contributed by atoms with Gasteiger partial charge in [-0.2, -0.15) is 0 Å². The maximum Gasteiger partial charge on any atom is 0.309 e. The largest absolute Gasteiger partial charge is 0.462 e. The Morgan fingerprint density at radius 1 is 1.50 bits per heavy atom. The molecule has 1 N–H and O–H groups in total. The average molecular weight is 252 g/mol. The third-order valence-electron chi connectivity index (χ3n) is 4.48. The zero-order chi connectivity index (χ0) is 13.3. The fourth-order valence-electron chi connectivity index (χ4n) is 3.13. The number of aliphatic hydroxyl groups is 1. The molecule has 1 unspecified atom stereocenters. The first-order chi connectivity index (χ1) is 8.49. The number of esters is 1. The van der Waals surface area contributed by atoms with Gasteiger partial charge in [-0.25, -0.2) is 0 Å². The van der Waals surface area contributed by atoms with Crippen LogP contribution in [0.5, 0.6) is 0 Å². The number of hydrogen-bond donors (Lipinski definition) is 1.